The van der Waals surface area contributed by atoms with Gasteiger partial charge in [-0.1, -0.05) is 0 Å². The zero-order chi connectivity index (χ0) is 15.1. The van der Waals surface area contributed by atoms with Crippen molar-refractivity contribution in [2.75, 3.05) is 6.54 Å². The molecule has 3 aromatic heterocycles. The lowest BCUT2D eigenvalue weighted by molar-refractivity contribution is 0.0737. The molecule has 4 rings (SSSR count). The van der Waals surface area contributed by atoms with E-state index in [2.05, 4.69) is 10.1 Å². The van der Waals surface area contributed by atoms with Gasteiger partial charge in [-0.05, 0) is 25.0 Å². The molecule has 0 bridgehead atoms. The molecule has 0 aromatic carbocycles. The van der Waals surface area contributed by atoms with Crippen LogP contribution in [0.2, 0.25) is 0 Å². The topological polar surface area (TPSA) is 55.4 Å². The highest BCUT2D eigenvalue weighted by molar-refractivity contribution is 6.00. The Bertz CT molecular complexity index is 834. The van der Waals surface area contributed by atoms with Crippen molar-refractivity contribution in [3.63, 3.8) is 0 Å². The summed E-state index contributed by atoms with van der Waals surface area (Å²) in [7, 11) is 1.90. The molecule has 1 aliphatic rings. The highest BCUT2D eigenvalue weighted by Crippen LogP contribution is 2.33. The van der Waals surface area contributed by atoms with Crippen LogP contribution in [0.3, 0.4) is 0 Å². The number of carbonyl (C=O) groups is 1. The minimum atomic E-state index is 0.0446. The molecule has 6 heteroatoms. The zero-order valence-corrected chi connectivity index (χ0v) is 12.4. The van der Waals surface area contributed by atoms with E-state index in [4.69, 9.17) is 0 Å². The van der Waals surface area contributed by atoms with Crippen molar-refractivity contribution in [2.45, 2.75) is 18.9 Å². The maximum atomic E-state index is 13.0. The van der Waals surface area contributed by atoms with Crippen LogP contribution in [0.5, 0.6) is 0 Å². The van der Waals surface area contributed by atoms with Crippen molar-refractivity contribution in [1.82, 2.24) is 24.1 Å². The molecular weight excluding hydrogens is 278 g/mol. The van der Waals surface area contributed by atoms with E-state index in [9.17, 15) is 4.79 Å². The Labute approximate surface area is 128 Å². The van der Waals surface area contributed by atoms with Crippen LogP contribution in [-0.2, 0) is 7.05 Å². The summed E-state index contributed by atoms with van der Waals surface area (Å²) < 4.78 is 3.66. The predicted octanol–water partition coefficient (Wildman–Crippen LogP) is 2.05. The number of aryl methyl sites for hydroxylation is 1. The van der Waals surface area contributed by atoms with Crippen LogP contribution in [0.15, 0.2) is 43.1 Å². The second-order valence-electron chi connectivity index (χ2n) is 5.68. The van der Waals surface area contributed by atoms with E-state index in [1.165, 1.54) is 0 Å². The second-order valence-corrected chi connectivity index (χ2v) is 5.68. The number of likely N-dealkylation sites (tertiary alicyclic amines) is 1. The standard InChI is InChI=1S/C16H17N5O/c1-19-11-12(10-18-19)14-5-3-8-21(14)16(22)13-4-2-7-20-9-6-17-15(13)20/h2,4,6-7,9-11,14H,3,5,8H2,1H3/t14-/m0/s1. The number of amides is 1. The number of nitrogens with zero attached hydrogens (tertiary/aromatic N) is 5. The molecule has 0 N–H and O–H groups in total. The highest BCUT2D eigenvalue weighted by atomic mass is 16.2. The third kappa shape index (κ3) is 1.99. The molecule has 1 saturated heterocycles. The molecule has 0 radical (unpaired) electrons. The largest absolute Gasteiger partial charge is 0.331 e. The average Bonchev–Trinajstić information content (AvgIpc) is 3.25. The minimum absolute atomic E-state index is 0.0446. The number of carbonyl (C=O) groups excluding carboxylic acids is 1. The molecule has 0 unspecified atom stereocenters. The number of rotatable bonds is 2. The van der Waals surface area contributed by atoms with Crippen molar-refractivity contribution in [3.8, 4) is 0 Å². The molecule has 22 heavy (non-hydrogen) atoms. The first-order valence-corrected chi connectivity index (χ1v) is 7.45. The summed E-state index contributed by atoms with van der Waals surface area (Å²) in [6.45, 7) is 0.778. The van der Waals surface area contributed by atoms with Gasteiger partial charge in [-0.2, -0.15) is 5.10 Å². The molecule has 0 aliphatic carbocycles. The van der Waals surface area contributed by atoms with Gasteiger partial charge in [-0.15, -0.1) is 0 Å². The summed E-state index contributed by atoms with van der Waals surface area (Å²) in [6, 6.07) is 3.84. The lowest BCUT2D eigenvalue weighted by Crippen LogP contribution is -2.30. The predicted molar refractivity (Wildman–Crippen MR) is 81.4 cm³/mol. The van der Waals surface area contributed by atoms with Crippen molar-refractivity contribution >= 4 is 11.6 Å². The fourth-order valence-electron chi connectivity index (χ4n) is 3.24. The Morgan fingerprint density at radius 2 is 2.27 bits per heavy atom. The summed E-state index contributed by atoms with van der Waals surface area (Å²) in [6.07, 6.45) is 11.3. The third-order valence-electron chi connectivity index (χ3n) is 4.27. The van der Waals surface area contributed by atoms with Gasteiger partial charge in [0.2, 0.25) is 0 Å². The number of pyridine rings is 1. The highest BCUT2D eigenvalue weighted by Gasteiger charge is 2.32. The molecule has 1 amide bonds. The molecule has 1 aliphatic heterocycles. The average molecular weight is 295 g/mol. The Kier molecular flexibility index (Phi) is 2.96. The van der Waals surface area contributed by atoms with Gasteiger partial charge < -0.3 is 9.30 Å². The van der Waals surface area contributed by atoms with Gasteiger partial charge in [0.1, 0.15) is 5.65 Å². The number of imidazole rings is 1. The minimum Gasteiger partial charge on any atom is -0.331 e. The van der Waals surface area contributed by atoms with Crippen LogP contribution in [0.1, 0.15) is 34.8 Å². The number of aromatic nitrogens is 4. The maximum absolute atomic E-state index is 13.0. The molecule has 1 fully saturated rings. The Morgan fingerprint density at radius 1 is 1.36 bits per heavy atom. The van der Waals surface area contributed by atoms with E-state index in [-0.39, 0.29) is 11.9 Å². The third-order valence-corrected chi connectivity index (χ3v) is 4.27. The molecule has 112 valence electrons. The van der Waals surface area contributed by atoms with Crippen molar-refractivity contribution < 1.29 is 4.79 Å². The molecule has 1 atom stereocenters. The number of hydrogen-bond donors (Lipinski definition) is 0. The van der Waals surface area contributed by atoms with Crippen LogP contribution < -0.4 is 0 Å². The second kappa shape index (κ2) is 4.98. The van der Waals surface area contributed by atoms with Gasteiger partial charge in [-0.3, -0.25) is 9.48 Å². The van der Waals surface area contributed by atoms with Gasteiger partial charge in [0.15, 0.2) is 0 Å². The first-order chi connectivity index (χ1) is 10.7. The van der Waals surface area contributed by atoms with Crippen LogP contribution in [-0.4, -0.2) is 36.5 Å². The fraction of sp³-hybridized carbons (Fsp3) is 0.312. The summed E-state index contributed by atoms with van der Waals surface area (Å²) >= 11 is 0. The molecular formula is C16H17N5O. The summed E-state index contributed by atoms with van der Waals surface area (Å²) in [4.78, 5) is 19.3. The van der Waals surface area contributed by atoms with E-state index in [0.29, 0.717) is 11.2 Å². The lowest BCUT2D eigenvalue weighted by atomic mass is 10.1. The fourth-order valence-corrected chi connectivity index (χ4v) is 3.24. The van der Waals surface area contributed by atoms with Gasteiger partial charge in [-0.25, -0.2) is 4.98 Å². The Hall–Kier alpha value is -2.63. The molecule has 0 saturated carbocycles. The van der Waals surface area contributed by atoms with Gasteiger partial charge in [0, 0.05) is 43.9 Å². The van der Waals surface area contributed by atoms with E-state index in [0.717, 1.165) is 24.9 Å². The zero-order valence-electron chi connectivity index (χ0n) is 12.4. The number of fused-ring (bicyclic) bond motifs is 1. The van der Waals surface area contributed by atoms with Gasteiger partial charge in [0.25, 0.3) is 5.91 Å². The van der Waals surface area contributed by atoms with Crippen LogP contribution in [0.25, 0.3) is 5.65 Å². The molecule has 0 spiro atoms. The Balaban J connectivity index is 1.71. The SMILES string of the molecule is Cn1cc([C@@H]2CCCN2C(=O)c2cccn3ccnc23)cn1. The van der Waals surface area contributed by atoms with Crippen LogP contribution in [0.4, 0.5) is 0 Å². The number of hydrogen-bond acceptors (Lipinski definition) is 3. The van der Waals surface area contributed by atoms with E-state index in [1.807, 2.05) is 53.3 Å². The van der Waals surface area contributed by atoms with Gasteiger partial charge in [0.05, 0.1) is 17.8 Å². The maximum Gasteiger partial charge on any atom is 0.258 e. The Morgan fingerprint density at radius 3 is 3.09 bits per heavy atom. The summed E-state index contributed by atoms with van der Waals surface area (Å²) in [5, 5.41) is 4.23. The molecule has 4 heterocycles. The summed E-state index contributed by atoms with van der Waals surface area (Å²) in [5.41, 5.74) is 2.47. The van der Waals surface area contributed by atoms with E-state index < -0.39 is 0 Å². The quantitative estimate of drug-likeness (QED) is 0.727. The molecule has 3 aromatic rings. The smallest absolute Gasteiger partial charge is 0.258 e. The lowest BCUT2D eigenvalue weighted by Gasteiger charge is -2.24. The van der Waals surface area contributed by atoms with Gasteiger partial charge >= 0.3 is 0 Å². The monoisotopic (exact) mass is 295 g/mol. The summed E-state index contributed by atoms with van der Waals surface area (Å²) in [5.74, 6) is 0.0446. The van der Waals surface area contributed by atoms with Crippen LogP contribution >= 0.6 is 0 Å². The van der Waals surface area contributed by atoms with Crippen molar-refractivity contribution in [3.05, 3.63) is 54.2 Å². The van der Waals surface area contributed by atoms with Crippen molar-refractivity contribution in [1.29, 1.82) is 0 Å². The van der Waals surface area contributed by atoms with E-state index in [1.54, 1.807) is 10.9 Å². The first-order valence-electron chi connectivity index (χ1n) is 7.45. The van der Waals surface area contributed by atoms with E-state index >= 15 is 0 Å². The van der Waals surface area contributed by atoms with Crippen LogP contribution in [0, 0.1) is 0 Å². The molecule has 6 nitrogen and oxygen atoms in total. The normalized spacial score (nSPS) is 18.2. The van der Waals surface area contributed by atoms with Crippen molar-refractivity contribution in [2.24, 2.45) is 7.05 Å². The first kappa shape index (κ1) is 13.1.